The standard InChI is InChI=1S/C19H22FN5O3S/c1-27-14-8-13(28-9-10-6-7-22-18(21)23-10)15(20)17-16(14)25-19(29-17)24-11-4-2-3-5-12(11)26/h6-8,11-12,26H,2-5,9H2,1H3,(H,24,25)(H2,21,22,23)/t11-,12-/m0/s1. The molecule has 2 heterocycles. The maximum absolute atomic E-state index is 15.1. The molecule has 8 nitrogen and oxygen atoms in total. The Kier molecular flexibility index (Phi) is 5.63. The fourth-order valence-corrected chi connectivity index (χ4v) is 4.38. The highest BCUT2D eigenvalue weighted by molar-refractivity contribution is 7.22. The first-order chi connectivity index (χ1) is 14.0. The van der Waals surface area contributed by atoms with Gasteiger partial charge in [-0.1, -0.05) is 24.2 Å². The Balaban J connectivity index is 1.60. The molecule has 2 aromatic heterocycles. The van der Waals surface area contributed by atoms with Crippen molar-refractivity contribution in [2.45, 2.75) is 44.4 Å². The summed E-state index contributed by atoms with van der Waals surface area (Å²) in [6.45, 7) is 0.0382. The molecule has 1 fully saturated rings. The van der Waals surface area contributed by atoms with Crippen molar-refractivity contribution in [3.05, 3.63) is 29.8 Å². The van der Waals surface area contributed by atoms with E-state index in [2.05, 4.69) is 20.3 Å². The zero-order valence-corrected chi connectivity index (χ0v) is 16.7. The maximum Gasteiger partial charge on any atom is 0.220 e. The first-order valence-electron chi connectivity index (χ1n) is 9.37. The van der Waals surface area contributed by atoms with Crippen LogP contribution in [-0.2, 0) is 6.61 Å². The number of hydrogen-bond donors (Lipinski definition) is 3. The SMILES string of the molecule is COc1cc(OCc2ccnc(N)n2)c(F)c2sc(N[C@H]3CCCC[C@@H]3O)nc12. The molecule has 154 valence electrons. The molecule has 0 radical (unpaired) electrons. The highest BCUT2D eigenvalue weighted by atomic mass is 32.1. The van der Waals surface area contributed by atoms with E-state index in [0.29, 0.717) is 26.8 Å². The Morgan fingerprint density at radius 1 is 1.31 bits per heavy atom. The summed E-state index contributed by atoms with van der Waals surface area (Å²) in [4.78, 5) is 12.3. The summed E-state index contributed by atoms with van der Waals surface area (Å²) in [5.74, 6) is 0.0618. The number of methoxy groups -OCH3 is 1. The van der Waals surface area contributed by atoms with Crippen molar-refractivity contribution in [2.75, 3.05) is 18.2 Å². The van der Waals surface area contributed by atoms with Crippen LogP contribution in [0.1, 0.15) is 31.4 Å². The van der Waals surface area contributed by atoms with E-state index in [0.717, 1.165) is 25.7 Å². The highest BCUT2D eigenvalue weighted by Gasteiger charge is 2.25. The lowest BCUT2D eigenvalue weighted by atomic mass is 9.93. The van der Waals surface area contributed by atoms with Crippen molar-refractivity contribution in [3.63, 3.8) is 0 Å². The summed E-state index contributed by atoms with van der Waals surface area (Å²) in [7, 11) is 1.50. The first kappa shape index (κ1) is 19.6. The van der Waals surface area contributed by atoms with E-state index < -0.39 is 11.9 Å². The molecule has 0 bridgehead atoms. The van der Waals surface area contributed by atoms with Crippen LogP contribution in [0.4, 0.5) is 15.5 Å². The van der Waals surface area contributed by atoms with Gasteiger partial charge in [0, 0.05) is 12.3 Å². The van der Waals surface area contributed by atoms with Gasteiger partial charge in [-0.25, -0.2) is 19.3 Å². The molecule has 29 heavy (non-hydrogen) atoms. The number of nitrogens with one attached hydrogen (secondary N) is 1. The number of nitrogen functional groups attached to an aromatic ring is 1. The molecule has 3 aromatic rings. The Bertz CT molecular complexity index is 1010. The van der Waals surface area contributed by atoms with E-state index in [1.54, 1.807) is 6.07 Å². The Morgan fingerprint density at radius 3 is 2.90 bits per heavy atom. The maximum atomic E-state index is 15.1. The number of anilines is 2. The summed E-state index contributed by atoms with van der Waals surface area (Å²) >= 11 is 1.17. The summed E-state index contributed by atoms with van der Waals surface area (Å²) < 4.78 is 26.4. The molecule has 1 aliphatic carbocycles. The summed E-state index contributed by atoms with van der Waals surface area (Å²) in [6.07, 6.45) is 4.76. The predicted octanol–water partition coefficient (Wildman–Crippen LogP) is 3.11. The van der Waals surface area contributed by atoms with Crippen LogP contribution < -0.4 is 20.5 Å². The third-order valence-corrected chi connectivity index (χ3v) is 5.88. The van der Waals surface area contributed by atoms with Crippen molar-refractivity contribution in [3.8, 4) is 11.5 Å². The van der Waals surface area contributed by atoms with Crippen molar-refractivity contribution < 1.29 is 19.0 Å². The topological polar surface area (TPSA) is 115 Å². The smallest absolute Gasteiger partial charge is 0.220 e. The van der Waals surface area contributed by atoms with E-state index in [1.165, 1.54) is 30.7 Å². The number of nitrogens with zero attached hydrogens (tertiary/aromatic N) is 3. The third-order valence-electron chi connectivity index (χ3n) is 4.90. The summed E-state index contributed by atoms with van der Waals surface area (Å²) in [5.41, 5.74) is 6.52. The van der Waals surface area contributed by atoms with Gasteiger partial charge in [-0.3, -0.25) is 0 Å². The number of nitrogens with two attached hydrogens (primary N) is 1. The number of fused-ring (bicyclic) bond motifs is 1. The van der Waals surface area contributed by atoms with Crippen LogP contribution in [0.5, 0.6) is 11.5 Å². The van der Waals surface area contributed by atoms with E-state index in [4.69, 9.17) is 15.2 Å². The molecule has 0 aliphatic heterocycles. The van der Waals surface area contributed by atoms with Crippen molar-refractivity contribution in [2.24, 2.45) is 0 Å². The molecule has 0 unspecified atom stereocenters. The molecular formula is C19H22FN5O3S. The zero-order valence-electron chi connectivity index (χ0n) is 15.9. The molecule has 0 saturated heterocycles. The normalized spacial score (nSPS) is 19.3. The average molecular weight is 419 g/mol. The van der Waals surface area contributed by atoms with Gasteiger partial charge in [-0.05, 0) is 18.9 Å². The lowest BCUT2D eigenvalue weighted by Gasteiger charge is -2.27. The second-order valence-electron chi connectivity index (χ2n) is 6.89. The molecule has 10 heteroatoms. The number of thiazole rings is 1. The lowest BCUT2D eigenvalue weighted by molar-refractivity contribution is 0.116. The van der Waals surface area contributed by atoms with Gasteiger partial charge in [0.25, 0.3) is 0 Å². The molecule has 0 spiro atoms. The number of aromatic nitrogens is 3. The predicted molar refractivity (Wildman–Crippen MR) is 109 cm³/mol. The fraction of sp³-hybridized carbons (Fsp3) is 0.421. The van der Waals surface area contributed by atoms with Gasteiger partial charge in [0.15, 0.2) is 16.7 Å². The number of rotatable bonds is 6. The number of aliphatic hydroxyl groups is 1. The number of halogens is 1. The van der Waals surface area contributed by atoms with Crippen molar-refractivity contribution in [1.82, 2.24) is 15.0 Å². The summed E-state index contributed by atoms with van der Waals surface area (Å²) in [6, 6.07) is 3.03. The molecular weight excluding hydrogens is 397 g/mol. The van der Waals surface area contributed by atoms with E-state index in [-0.39, 0.29) is 24.3 Å². The Hall–Kier alpha value is -2.72. The number of aliphatic hydroxyl groups excluding tert-OH is 1. The van der Waals surface area contributed by atoms with E-state index in [1.807, 2.05) is 0 Å². The van der Waals surface area contributed by atoms with E-state index >= 15 is 4.39 Å². The molecule has 4 N–H and O–H groups in total. The quantitative estimate of drug-likeness (QED) is 0.558. The Labute approximate surface area is 170 Å². The van der Waals surface area contributed by atoms with Gasteiger partial charge >= 0.3 is 0 Å². The second-order valence-corrected chi connectivity index (χ2v) is 7.88. The van der Waals surface area contributed by atoms with Gasteiger partial charge in [0.05, 0.1) is 29.6 Å². The molecule has 1 saturated carbocycles. The largest absolute Gasteiger partial charge is 0.494 e. The molecule has 1 aliphatic rings. The minimum Gasteiger partial charge on any atom is -0.494 e. The van der Waals surface area contributed by atoms with E-state index in [9.17, 15) is 5.11 Å². The van der Waals surface area contributed by atoms with Crippen LogP contribution in [-0.4, -0.2) is 39.3 Å². The van der Waals surface area contributed by atoms with Gasteiger partial charge in [0.2, 0.25) is 5.95 Å². The molecule has 2 atom stereocenters. The third kappa shape index (κ3) is 4.18. The van der Waals surface area contributed by atoms with Crippen molar-refractivity contribution in [1.29, 1.82) is 0 Å². The minimum atomic E-state index is -0.516. The van der Waals surface area contributed by atoms with Crippen molar-refractivity contribution >= 4 is 32.6 Å². The Morgan fingerprint density at radius 2 is 2.14 bits per heavy atom. The van der Waals surface area contributed by atoms with Crippen LogP contribution in [0.15, 0.2) is 18.3 Å². The zero-order chi connectivity index (χ0) is 20.4. The molecule has 4 rings (SSSR count). The minimum absolute atomic E-state index is 0.0382. The first-order valence-corrected chi connectivity index (χ1v) is 10.2. The van der Waals surface area contributed by atoms with Crippen LogP contribution >= 0.6 is 11.3 Å². The molecule has 0 amide bonds. The van der Waals surface area contributed by atoms with Gasteiger partial charge in [-0.15, -0.1) is 0 Å². The van der Waals surface area contributed by atoms with Gasteiger partial charge in [-0.2, -0.15) is 0 Å². The van der Waals surface area contributed by atoms with Crippen LogP contribution in [0.25, 0.3) is 10.2 Å². The second kappa shape index (κ2) is 8.34. The highest BCUT2D eigenvalue weighted by Crippen LogP contribution is 2.40. The van der Waals surface area contributed by atoms with Gasteiger partial charge < -0.3 is 25.6 Å². The fourth-order valence-electron chi connectivity index (χ4n) is 3.40. The van der Waals surface area contributed by atoms with Crippen LogP contribution in [0.3, 0.4) is 0 Å². The van der Waals surface area contributed by atoms with Crippen LogP contribution in [0.2, 0.25) is 0 Å². The summed E-state index contributed by atoms with van der Waals surface area (Å²) in [5, 5.41) is 14.0. The average Bonchev–Trinajstić information content (AvgIpc) is 3.14. The lowest BCUT2D eigenvalue weighted by Crippen LogP contribution is -2.36. The van der Waals surface area contributed by atoms with Gasteiger partial charge in [0.1, 0.15) is 17.9 Å². The molecule has 1 aromatic carbocycles. The van der Waals surface area contributed by atoms with Crippen LogP contribution in [0, 0.1) is 5.82 Å². The number of benzene rings is 1. The number of ether oxygens (including phenoxy) is 2. The monoisotopic (exact) mass is 419 g/mol. The number of hydrogen-bond acceptors (Lipinski definition) is 9.